The largest absolute Gasteiger partial charge is 0.465 e. The Balaban J connectivity index is 1.79. The summed E-state index contributed by atoms with van der Waals surface area (Å²) < 4.78 is 15.2. The predicted molar refractivity (Wildman–Crippen MR) is 147 cm³/mol. The third-order valence-corrected chi connectivity index (χ3v) is 11.5. The van der Waals surface area contributed by atoms with Gasteiger partial charge in [0.25, 0.3) is 14.3 Å². The molecule has 0 saturated heterocycles. The summed E-state index contributed by atoms with van der Waals surface area (Å²) in [6.45, 7) is 16.0. The minimum Gasteiger partial charge on any atom is -0.465 e. The van der Waals surface area contributed by atoms with Crippen LogP contribution in [0.4, 0.5) is 0 Å². The molecule has 0 aliphatic carbocycles. The Morgan fingerprint density at radius 2 is 1.60 bits per heavy atom. The second-order valence-electron chi connectivity index (χ2n) is 10.1. The van der Waals surface area contributed by atoms with Crippen LogP contribution in [0.1, 0.15) is 46.4 Å². The van der Waals surface area contributed by atoms with Crippen LogP contribution in [0.5, 0.6) is 0 Å². The first kappa shape index (κ1) is 25.0. The van der Waals surface area contributed by atoms with Gasteiger partial charge in [0.1, 0.15) is 6.04 Å². The van der Waals surface area contributed by atoms with E-state index in [4.69, 9.17) is 14.2 Å². The van der Waals surface area contributed by atoms with Gasteiger partial charge in [-0.2, -0.15) is 0 Å². The van der Waals surface area contributed by atoms with Gasteiger partial charge in [0.15, 0.2) is 0 Å². The molecule has 4 rings (SSSR count). The van der Waals surface area contributed by atoms with E-state index in [0.717, 1.165) is 11.4 Å². The molecule has 5 nitrogen and oxygen atoms in total. The molecule has 2 atom stereocenters. The molecule has 35 heavy (non-hydrogen) atoms. The summed E-state index contributed by atoms with van der Waals surface area (Å²) in [5.74, 6) is 0. The molecule has 0 saturated carbocycles. The van der Waals surface area contributed by atoms with Crippen LogP contribution in [-0.4, -0.2) is 38.2 Å². The molecule has 3 aromatic rings. The van der Waals surface area contributed by atoms with Crippen molar-refractivity contribution in [3.8, 4) is 0 Å². The van der Waals surface area contributed by atoms with Crippen molar-refractivity contribution in [2.45, 2.75) is 51.7 Å². The van der Waals surface area contributed by atoms with Crippen LogP contribution in [0.3, 0.4) is 0 Å². The number of hydrogen-bond acceptors (Lipinski definition) is 4. The maximum Gasteiger partial charge on any atom is 0.296 e. The lowest BCUT2D eigenvalue weighted by molar-refractivity contribution is 0.230. The number of aliphatic imine (C=N–C) groups is 1. The summed E-state index contributed by atoms with van der Waals surface area (Å²) in [5.41, 5.74) is 2.00. The van der Waals surface area contributed by atoms with Crippen LogP contribution in [0.2, 0.25) is 5.04 Å². The molecule has 2 aromatic carbocycles. The van der Waals surface area contributed by atoms with Crippen molar-refractivity contribution < 1.29 is 9.16 Å². The van der Waals surface area contributed by atoms with Gasteiger partial charge >= 0.3 is 0 Å². The number of fused-ring (bicyclic) bond motifs is 1. The molecule has 184 valence electrons. The zero-order chi connectivity index (χ0) is 25.1. The number of ether oxygens (including phenoxy) is 1. The van der Waals surface area contributed by atoms with E-state index in [-0.39, 0.29) is 17.1 Å². The van der Waals surface area contributed by atoms with Gasteiger partial charge in [-0.25, -0.2) is 4.99 Å². The number of allylic oxidation sites excluding steroid dienone is 1. The van der Waals surface area contributed by atoms with Crippen molar-refractivity contribution in [2.75, 3.05) is 13.2 Å². The van der Waals surface area contributed by atoms with Crippen LogP contribution in [0, 0.1) is 0 Å². The van der Waals surface area contributed by atoms with Gasteiger partial charge in [-0.3, -0.25) is 4.57 Å². The molecule has 0 amide bonds. The van der Waals surface area contributed by atoms with Gasteiger partial charge < -0.3 is 14.5 Å². The summed E-state index contributed by atoms with van der Waals surface area (Å²) in [5, 5.41) is 5.97. The van der Waals surface area contributed by atoms with E-state index < -0.39 is 8.32 Å². The highest BCUT2D eigenvalue weighted by Gasteiger charge is 2.51. The van der Waals surface area contributed by atoms with Crippen LogP contribution >= 0.6 is 0 Å². The molecule has 0 radical (unpaired) electrons. The third kappa shape index (κ3) is 4.86. The zero-order valence-corrected chi connectivity index (χ0v) is 22.5. The summed E-state index contributed by atoms with van der Waals surface area (Å²) >= 11 is 0. The molecule has 2 heterocycles. The maximum absolute atomic E-state index is 7.23. The van der Waals surface area contributed by atoms with E-state index >= 15 is 0 Å². The molecule has 1 aliphatic heterocycles. The molecular formula is C29H37N3O2Si. The number of aromatic nitrogens is 1. The summed E-state index contributed by atoms with van der Waals surface area (Å²) in [7, 11) is -2.69. The fourth-order valence-corrected chi connectivity index (χ4v) is 9.65. The van der Waals surface area contributed by atoms with Crippen molar-refractivity contribution in [3.63, 3.8) is 0 Å². The van der Waals surface area contributed by atoms with E-state index in [1.807, 2.05) is 30.7 Å². The standard InChI is InChI=1S/C29H37N3O2Si/c1-7-33-28-31-25(27(30-22(2)3)26-19-14-20-32(26)28)21-34-35(29(4,5)6,23-15-10-8-11-16-23)24-17-12-9-13-18-24/h8-20,25,27,30H,2,7,21H2,1,3-6H3/t25-,27-/m0/s1. The highest BCUT2D eigenvalue weighted by Crippen LogP contribution is 2.38. The van der Waals surface area contributed by atoms with E-state index in [9.17, 15) is 0 Å². The molecule has 6 heteroatoms. The van der Waals surface area contributed by atoms with E-state index in [1.54, 1.807) is 0 Å². The summed E-state index contributed by atoms with van der Waals surface area (Å²) in [4.78, 5) is 5.04. The van der Waals surface area contributed by atoms with Crippen molar-refractivity contribution in [2.24, 2.45) is 4.99 Å². The lowest BCUT2D eigenvalue weighted by Gasteiger charge is -2.44. The molecule has 0 spiro atoms. The van der Waals surface area contributed by atoms with Gasteiger partial charge in [0.2, 0.25) is 0 Å². The smallest absolute Gasteiger partial charge is 0.296 e. The Hall–Kier alpha value is -3.09. The Kier molecular flexibility index (Phi) is 7.33. The first-order chi connectivity index (χ1) is 16.8. The number of nitrogens with one attached hydrogen (secondary N) is 1. The highest BCUT2D eigenvalue weighted by molar-refractivity contribution is 6.99. The molecule has 0 fully saturated rings. The molecule has 1 aliphatic rings. The zero-order valence-electron chi connectivity index (χ0n) is 21.5. The maximum atomic E-state index is 7.23. The molecular weight excluding hydrogens is 450 g/mol. The van der Waals surface area contributed by atoms with E-state index in [2.05, 4.69) is 99.4 Å². The van der Waals surface area contributed by atoms with Crippen LogP contribution in [0.15, 0.2) is 96.3 Å². The Morgan fingerprint density at radius 3 is 2.11 bits per heavy atom. The summed E-state index contributed by atoms with van der Waals surface area (Å²) in [6.07, 6.45) is 2.00. The highest BCUT2D eigenvalue weighted by atomic mass is 28.4. The van der Waals surface area contributed by atoms with Gasteiger partial charge in [-0.15, -0.1) is 0 Å². The van der Waals surface area contributed by atoms with Crippen molar-refractivity contribution in [3.05, 3.63) is 97.0 Å². The minimum absolute atomic E-state index is 0.0649. The average Bonchev–Trinajstić information content (AvgIpc) is 3.32. The number of nitrogens with zero attached hydrogens (tertiary/aromatic N) is 2. The predicted octanol–water partition coefficient (Wildman–Crippen LogP) is 4.85. The number of benzene rings is 2. The Bertz CT molecular complexity index is 1130. The van der Waals surface area contributed by atoms with Gasteiger partial charge in [-0.05, 0) is 41.4 Å². The molecule has 0 bridgehead atoms. The van der Waals surface area contributed by atoms with Crippen molar-refractivity contribution >= 4 is 24.7 Å². The minimum atomic E-state index is -2.69. The molecule has 0 unspecified atom stereocenters. The normalized spacial score (nSPS) is 17.9. The number of hydrogen-bond donors (Lipinski definition) is 1. The molecule has 1 N–H and O–H groups in total. The fraction of sp³-hybridized carbons (Fsp3) is 0.345. The second-order valence-corrected chi connectivity index (χ2v) is 14.4. The van der Waals surface area contributed by atoms with Gasteiger partial charge in [0, 0.05) is 11.9 Å². The van der Waals surface area contributed by atoms with Gasteiger partial charge in [-0.1, -0.05) is 88.0 Å². The average molecular weight is 488 g/mol. The SMILES string of the molecule is C=C(C)N[C@@H]1c2cccn2C(OCC)=N[C@H]1CO[Si](c1ccccc1)(c1ccccc1)C(C)(C)C. The third-order valence-electron chi connectivity index (χ3n) is 6.53. The van der Waals surface area contributed by atoms with E-state index in [0.29, 0.717) is 19.2 Å². The summed E-state index contributed by atoms with van der Waals surface area (Å²) in [6, 6.07) is 26.0. The van der Waals surface area contributed by atoms with Crippen LogP contribution < -0.4 is 15.7 Å². The topological polar surface area (TPSA) is 47.8 Å². The number of rotatable bonds is 8. The van der Waals surface area contributed by atoms with Gasteiger partial charge in [0.05, 0.1) is 24.9 Å². The van der Waals surface area contributed by atoms with Crippen molar-refractivity contribution in [1.29, 1.82) is 0 Å². The van der Waals surface area contributed by atoms with Crippen LogP contribution in [-0.2, 0) is 9.16 Å². The van der Waals surface area contributed by atoms with Crippen molar-refractivity contribution in [1.82, 2.24) is 9.88 Å². The van der Waals surface area contributed by atoms with E-state index in [1.165, 1.54) is 10.4 Å². The Morgan fingerprint density at radius 1 is 1.00 bits per heavy atom. The quantitative estimate of drug-likeness (QED) is 0.462. The second kappa shape index (κ2) is 10.3. The lowest BCUT2D eigenvalue weighted by atomic mass is 10.0. The fourth-order valence-electron chi connectivity index (χ4n) is 5.07. The monoisotopic (exact) mass is 487 g/mol. The Labute approximate surface area is 210 Å². The first-order valence-electron chi connectivity index (χ1n) is 12.3. The molecule has 1 aromatic heterocycles. The lowest BCUT2D eigenvalue weighted by Crippen LogP contribution is -2.67. The first-order valence-corrected chi connectivity index (χ1v) is 14.2. The van der Waals surface area contributed by atoms with Crippen LogP contribution in [0.25, 0.3) is 0 Å².